The van der Waals surface area contributed by atoms with E-state index >= 15 is 0 Å². The van der Waals surface area contributed by atoms with Gasteiger partial charge < -0.3 is 9.64 Å². The minimum absolute atomic E-state index is 0.250. The fourth-order valence-corrected chi connectivity index (χ4v) is 6.20. The van der Waals surface area contributed by atoms with Gasteiger partial charge >= 0.3 is 0 Å². The van der Waals surface area contributed by atoms with Gasteiger partial charge in [0.25, 0.3) is 0 Å². The van der Waals surface area contributed by atoms with Crippen LogP contribution in [0.1, 0.15) is 44.6 Å². The van der Waals surface area contributed by atoms with E-state index in [9.17, 15) is 0 Å². The zero-order valence-corrected chi connectivity index (χ0v) is 21.1. The van der Waals surface area contributed by atoms with Crippen molar-refractivity contribution in [3.05, 3.63) is 42.5 Å². The molecule has 3 fully saturated rings. The lowest BCUT2D eigenvalue weighted by molar-refractivity contribution is -0.0690. The molecule has 4 aromatic rings. The number of likely N-dealkylation sites (tertiary alicyclic amines) is 1. The number of pyridine rings is 2. The van der Waals surface area contributed by atoms with E-state index in [-0.39, 0.29) is 5.92 Å². The zero-order chi connectivity index (χ0) is 24.4. The first-order chi connectivity index (χ1) is 17.5. The van der Waals surface area contributed by atoms with Crippen LogP contribution in [0.5, 0.6) is 5.75 Å². The zero-order valence-electron chi connectivity index (χ0n) is 21.1. The first-order valence-electron chi connectivity index (χ1n) is 12.9. The largest absolute Gasteiger partial charge is 0.493 e. The summed E-state index contributed by atoms with van der Waals surface area (Å²) in [5.41, 5.74) is 7.21. The minimum Gasteiger partial charge on any atom is -0.493 e. The molecule has 0 radical (unpaired) electrons. The lowest BCUT2D eigenvalue weighted by Gasteiger charge is -2.63. The van der Waals surface area contributed by atoms with Gasteiger partial charge in [-0.1, -0.05) is 20.3 Å². The summed E-state index contributed by atoms with van der Waals surface area (Å²) in [6.45, 7) is 9.22. The SMILES string of the molecule is COc1cc(-c2n[nH]c(-c3ccc(N4CC5(C4)CN(C4CCC4)C5)cn3)c2C(C)C)cn2ncnc12. The molecule has 0 amide bonds. The number of H-pyrrole nitrogens is 1. The predicted octanol–water partition coefficient (Wildman–Crippen LogP) is 3.99. The Balaban J connectivity index is 1.12. The van der Waals surface area contributed by atoms with Crippen LogP contribution >= 0.6 is 0 Å². The molecule has 186 valence electrons. The van der Waals surface area contributed by atoms with E-state index in [0.29, 0.717) is 16.8 Å². The number of ether oxygens (including phenoxy) is 1. The number of aromatic amines is 1. The van der Waals surface area contributed by atoms with Crippen molar-refractivity contribution < 1.29 is 4.74 Å². The number of nitrogens with zero attached hydrogens (tertiary/aromatic N) is 7. The van der Waals surface area contributed by atoms with Gasteiger partial charge in [0.2, 0.25) is 0 Å². The first-order valence-corrected chi connectivity index (χ1v) is 12.9. The maximum Gasteiger partial charge on any atom is 0.197 e. The predicted molar refractivity (Wildman–Crippen MR) is 138 cm³/mol. The number of rotatable bonds is 6. The number of hydrogen-bond donors (Lipinski definition) is 1. The second kappa shape index (κ2) is 8.03. The van der Waals surface area contributed by atoms with Gasteiger partial charge in [-0.05, 0) is 37.0 Å². The van der Waals surface area contributed by atoms with Crippen LogP contribution in [0.25, 0.3) is 28.3 Å². The summed E-state index contributed by atoms with van der Waals surface area (Å²) in [5, 5.41) is 12.3. The fourth-order valence-electron chi connectivity index (χ4n) is 6.20. The van der Waals surface area contributed by atoms with Crippen LogP contribution in [0.2, 0.25) is 0 Å². The highest BCUT2D eigenvalue weighted by molar-refractivity contribution is 5.75. The molecule has 1 aliphatic carbocycles. The normalized spacial score (nSPS) is 19.5. The van der Waals surface area contributed by atoms with E-state index in [1.807, 2.05) is 18.5 Å². The topological polar surface area (TPSA) is 87.5 Å². The second-order valence-corrected chi connectivity index (χ2v) is 11.1. The molecular weight excluding hydrogens is 452 g/mol. The second-order valence-electron chi connectivity index (χ2n) is 11.1. The molecule has 6 heterocycles. The van der Waals surface area contributed by atoms with Gasteiger partial charge in [-0.15, -0.1) is 0 Å². The molecule has 2 aliphatic heterocycles. The summed E-state index contributed by atoms with van der Waals surface area (Å²) in [5.74, 6) is 0.918. The summed E-state index contributed by atoms with van der Waals surface area (Å²) < 4.78 is 7.29. The molecule has 7 rings (SSSR count). The van der Waals surface area contributed by atoms with E-state index in [2.05, 4.69) is 51.0 Å². The van der Waals surface area contributed by atoms with Crippen molar-refractivity contribution in [2.45, 2.75) is 45.1 Å². The van der Waals surface area contributed by atoms with E-state index in [4.69, 9.17) is 14.8 Å². The van der Waals surface area contributed by atoms with Gasteiger partial charge in [0.1, 0.15) is 6.33 Å². The molecule has 0 atom stereocenters. The molecule has 4 aromatic heterocycles. The molecule has 2 saturated heterocycles. The van der Waals surface area contributed by atoms with Crippen molar-refractivity contribution in [2.24, 2.45) is 5.41 Å². The minimum atomic E-state index is 0.250. The molecule has 9 heteroatoms. The van der Waals surface area contributed by atoms with Crippen molar-refractivity contribution in [1.29, 1.82) is 0 Å². The van der Waals surface area contributed by atoms with Crippen molar-refractivity contribution in [1.82, 2.24) is 34.7 Å². The van der Waals surface area contributed by atoms with Crippen LogP contribution < -0.4 is 9.64 Å². The molecule has 1 saturated carbocycles. The summed E-state index contributed by atoms with van der Waals surface area (Å²) >= 11 is 0. The van der Waals surface area contributed by atoms with Crippen LogP contribution in [0.15, 0.2) is 36.9 Å². The highest BCUT2D eigenvalue weighted by Gasteiger charge is 2.53. The molecule has 1 N–H and O–H groups in total. The van der Waals surface area contributed by atoms with Gasteiger partial charge in [0, 0.05) is 55.0 Å². The quantitative estimate of drug-likeness (QED) is 0.443. The highest BCUT2D eigenvalue weighted by atomic mass is 16.5. The average Bonchev–Trinajstić information content (AvgIpc) is 3.45. The maximum absolute atomic E-state index is 5.56. The van der Waals surface area contributed by atoms with E-state index in [0.717, 1.165) is 47.3 Å². The molecule has 0 unspecified atom stereocenters. The lowest BCUT2D eigenvalue weighted by Crippen LogP contribution is -2.74. The molecule has 1 spiro atoms. The smallest absolute Gasteiger partial charge is 0.197 e. The van der Waals surface area contributed by atoms with Crippen molar-refractivity contribution in [3.8, 4) is 28.4 Å². The Morgan fingerprint density at radius 2 is 1.94 bits per heavy atom. The summed E-state index contributed by atoms with van der Waals surface area (Å²) in [6.07, 6.45) is 9.71. The number of nitrogens with one attached hydrogen (secondary N) is 1. The molecule has 9 nitrogen and oxygen atoms in total. The van der Waals surface area contributed by atoms with Crippen LogP contribution in [0.3, 0.4) is 0 Å². The van der Waals surface area contributed by atoms with Crippen molar-refractivity contribution in [3.63, 3.8) is 0 Å². The van der Waals surface area contributed by atoms with E-state index in [1.165, 1.54) is 44.4 Å². The summed E-state index contributed by atoms with van der Waals surface area (Å²) in [4.78, 5) is 14.3. The summed E-state index contributed by atoms with van der Waals surface area (Å²) in [6, 6.07) is 7.16. The van der Waals surface area contributed by atoms with Crippen molar-refractivity contribution >= 4 is 11.3 Å². The fraction of sp³-hybridized carbons (Fsp3) is 0.481. The van der Waals surface area contributed by atoms with Crippen LogP contribution in [0, 0.1) is 5.41 Å². The van der Waals surface area contributed by atoms with Crippen molar-refractivity contribution in [2.75, 3.05) is 38.2 Å². The van der Waals surface area contributed by atoms with E-state index in [1.54, 1.807) is 11.6 Å². The molecule has 3 aliphatic rings. The van der Waals surface area contributed by atoms with Crippen LogP contribution in [-0.4, -0.2) is 74.0 Å². The van der Waals surface area contributed by atoms with Gasteiger partial charge in [-0.2, -0.15) is 10.2 Å². The monoisotopic (exact) mass is 484 g/mol. The van der Waals surface area contributed by atoms with Crippen LogP contribution in [0.4, 0.5) is 5.69 Å². The maximum atomic E-state index is 5.56. The number of hydrogen-bond acceptors (Lipinski definition) is 7. The average molecular weight is 485 g/mol. The molecule has 0 bridgehead atoms. The Labute approximate surface area is 210 Å². The summed E-state index contributed by atoms with van der Waals surface area (Å²) in [7, 11) is 1.65. The third-order valence-electron chi connectivity index (χ3n) is 8.31. The molecule has 36 heavy (non-hydrogen) atoms. The van der Waals surface area contributed by atoms with Gasteiger partial charge in [-0.25, -0.2) is 9.50 Å². The lowest BCUT2D eigenvalue weighted by atomic mass is 9.70. The van der Waals surface area contributed by atoms with Crippen LogP contribution in [-0.2, 0) is 0 Å². The first kappa shape index (κ1) is 21.8. The number of fused-ring (bicyclic) bond motifs is 1. The number of methoxy groups -OCH3 is 1. The molecular formula is C27H32N8O. The van der Waals surface area contributed by atoms with Gasteiger partial charge in [0.15, 0.2) is 11.4 Å². The third kappa shape index (κ3) is 3.32. The Kier molecular flexibility index (Phi) is 4.86. The Morgan fingerprint density at radius 1 is 1.11 bits per heavy atom. The Hall–Kier alpha value is -3.46. The number of anilines is 1. The van der Waals surface area contributed by atoms with E-state index < -0.39 is 0 Å². The standard InChI is InChI=1S/C27H32N8O/c1-17(2)23-24(18-9-22(36-3)26-29-16-30-35(26)11-18)31-32-25(23)21-8-7-20(10-28-21)34-14-27(15-34)12-33(13-27)19-5-4-6-19/h7-11,16-17,19H,4-6,12-15H2,1-3H3,(H,31,32). The number of aromatic nitrogens is 6. The highest BCUT2D eigenvalue weighted by Crippen LogP contribution is 2.45. The van der Waals surface area contributed by atoms with Gasteiger partial charge in [-0.3, -0.25) is 15.0 Å². The molecule has 0 aromatic carbocycles. The Bertz CT molecular complexity index is 1400. The Morgan fingerprint density at radius 3 is 2.61 bits per heavy atom. The van der Waals surface area contributed by atoms with Gasteiger partial charge in [0.05, 0.1) is 36.1 Å². The third-order valence-corrected chi connectivity index (χ3v) is 8.31.